The summed E-state index contributed by atoms with van der Waals surface area (Å²) in [5.41, 5.74) is 3.23. The fraction of sp³-hybridized carbons (Fsp3) is 0.647. The monoisotopic (exact) mass is 247 g/mol. The van der Waals surface area contributed by atoms with Crippen molar-refractivity contribution in [3.8, 4) is 0 Å². The van der Waals surface area contributed by atoms with Crippen LogP contribution in [0.5, 0.6) is 0 Å². The lowest BCUT2D eigenvalue weighted by atomic mass is 9.78. The minimum atomic E-state index is 0.345. The van der Waals surface area contributed by atoms with Crippen molar-refractivity contribution < 1.29 is 0 Å². The van der Waals surface area contributed by atoms with Gasteiger partial charge in [-0.25, -0.2) is 0 Å². The molecule has 1 heteroatoms. The Morgan fingerprint density at radius 1 is 1.17 bits per heavy atom. The zero-order valence-electron chi connectivity index (χ0n) is 12.7. The summed E-state index contributed by atoms with van der Waals surface area (Å²) in [6.07, 6.45) is 3.54. The van der Waals surface area contributed by atoms with E-state index in [0.717, 1.165) is 13.0 Å². The van der Waals surface area contributed by atoms with Gasteiger partial charge in [0, 0.05) is 6.04 Å². The quantitative estimate of drug-likeness (QED) is 0.755. The maximum absolute atomic E-state index is 3.74. The third kappa shape index (κ3) is 4.13. The fourth-order valence-electron chi connectivity index (χ4n) is 2.25. The molecular formula is C17H29N. The van der Waals surface area contributed by atoms with Crippen molar-refractivity contribution in [1.29, 1.82) is 0 Å². The number of hydrogen-bond donors (Lipinski definition) is 1. The normalized spacial score (nSPS) is 13.6. The van der Waals surface area contributed by atoms with Crippen molar-refractivity contribution >= 4 is 0 Å². The van der Waals surface area contributed by atoms with E-state index < -0.39 is 0 Å². The van der Waals surface area contributed by atoms with E-state index >= 15 is 0 Å². The van der Waals surface area contributed by atoms with E-state index in [-0.39, 0.29) is 0 Å². The number of aryl methyl sites for hydroxylation is 1. The first-order chi connectivity index (χ1) is 8.51. The maximum atomic E-state index is 3.74. The van der Waals surface area contributed by atoms with E-state index in [9.17, 15) is 0 Å². The molecule has 0 radical (unpaired) electrons. The largest absolute Gasteiger partial charge is 0.313 e. The highest BCUT2D eigenvalue weighted by atomic mass is 14.9. The summed E-state index contributed by atoms with van der Waals surface area (Å²) in [4.78, 5) is 0. The zero-order valence-corrected chi connectivity index (χ0v) is 12.7. The molecule has 1 unspecified atom stereocenters. The standard InChI is InChI=1S/C17H29N/c1-6-12-18-16(17(4,5)7-2)13-15-11-9-8-10-14(15)3/h8-11,16,18H,6-7,12-13H2,1-5H3. The number of benzene rings is 1. The predicted octanol–water partition coefficient (Wildman–Crippen LogP) is 4.34. The smallest absolute Gasteiger partial charge is 0.0159 e. The van der Waals surface area contributed by atoms with Gasteiger partial charge in [-0.3, -0.25) is 0 Å². The van der Waals surface area contributed by atoms with E-state index in [2.05, 4.69) is 64.2 Å². The number of hydrogen-bond acceptors (Lipinski definition) is 1. The molecule has 1 nitrogen and oxygen atoms in total. The molecular weight excluding hydrogens is 218 g/mol. The average molecular weight is 247 g/mol. The summed E-state index contributed by atoms with van der Waals surface area (Å²) in [5.74, 6) is 0. The number of nitrogens with one attached hydrogen (secondary N) is 1. The summed E-state index contributed by atoms with van der Waals surface area (Å²) in [7, 11) is 0. The van der Waals surface area contributed by atoms with E-state index in [1.165, 1.54) is 24.0 Å². The highest BCUT2D eigenvalue weighted by molar-refractivity contribution is 5.26. The third-order valence-electron chi connectivity index (χ3n) is 4.18. The second-order valence-electron chi connectivity index (χ2n) is 5.98. The molecule has 0 aliphatic rings. The molecule has 0 saturated carbocycles. The molecule has 0 heterocycles. The van der Waals surface area contributed by atoms with Gasteiger partial charge in [0.05, 0.1) is 0 Å². The van der Waals surface area contributed by atoms with Crippen LogP contribution in [0.25, 0.3) is 0 Å². The highest BCUT2D eigenvalue weighted by Crippen LogP contribution is 2.28. The van der Waals surface area contributed by atoms with Crippen LogP contribution < -0.4 is 5.32 Å². The second-order valence-corrected chi connectivity index (χ2v) is 5.98. The first kappa shape index (κ1) is 15.2. The molecule has 0 aliphatic carbocycles. The van der Waals surface area contributed by atoms with Crippen molar-refractivity contribution in [2.75, 3.05) is 6.54 Å². The lowest BCUT2D eigenvalue weighted by Gasteiger charge is -2.35. The Labute approximate surface area is 113 Å². The molecule has 0 aromatic heterocycles. The van der Waals surface area contributed by atoms with Gasteiger partial charge in [0.1, 0.15) is 0 Å². The summed E-state index contributed by atoms with van der Waals surface area (Å²) >= 11 is 0. The first-order valence-electron chi connectivity index (χ1n) is 7.29. The third-order valence-corrected chi connectivity index (χ3v) is 4.18. The van der Waals surface area contributed by atoms with E-state index in [1.54, 1.807) is 0 Å². The molecule has 1 aromatic carbocycles. The molecule has 18 heavy (non-hydrogen) atoms. The topological polar surface area (TPSA) is 12.0 Å². The van der Waals surface area contributed by atoms with Crippen LogP contribution in [0.1, 0.15) is 51.7 Å². The Hall–Kier alpha value is -0.820. The van der Waals surface area contributed by atoms with Crippen LogP contribution in [0.2, 0.25) is 0 Å². The minimum absolute atomic E-state index is 0.345. The van der Waals surface area contributed by atoms with Crippen LogP contribution >= 0.6 is 0 Å². The van der Waals surface area contributed by atoms with Crippen LogP contribution in [0.3, 0.4) is 0 Å². The van der Waals surface area contributed by atoms with Gasteiger partial charge in [-0.1, -0.05) is 52.0 Å². The van der Waals surface area contributed by atoms with Crippen LogP contribution in [0.4, 0.5) is 0 Å². The van der Waals surface area contributed by atoms with E-state index in [4.69, 9.17) is 0 Å². The van der Waals surface area contributed by atoms with E-state index in [0.29, 0.717) is 11.5 Å². The molecule has 0 amide bonds. The van der Waals surface area contributed by atoms with Gasteiger partial charge in [0.15, 0.2) is 0 Å². The fourth-order valence-corrected chi connectivity index (χ4v) is 2.25. The predicted molar refractivity (Wildman–Crippen MR) is 81.0 cm³/mol. The van der Waals surface area contributed by atoms with Crippen molar-refractivity contribution in [3.05, 3.63) is 35.4 Å². The second kappa shape index (κ2) is 6.94. The molecule has 1 aromatic rings. The molecule has 0 fully saturated rings. The Morgan fingerprint density at radius 3 is 2.39 bits per heavy atom. The van der Waals surface area contributed by atoms with Crippen LogP contribution in [-0.2, 0) is 6.42 Å². The van der Waals surface area contributed by atoms with Gasteiger partial charge in [0.25, 0.3) is 0 Å². The van der Waals surface area contributed by atoms with Crippen LogP contribution in [0, 0.1) is 12.3 Å². The van der Waals surface area contributed by atoms with Gasteiger partial charge >= 0.3 is 0 Å². The molecule has 102 valence electrons. The highest BCUT2D eigenvalue weighted by Gasteiger charge is 2.27. The Balaban J connectivity index is 2.81. The zero-order chi connectivity index (χ0) is 13.6. The van der Waals surface area contributed by atoms with Crippen LogP contribution in [0.15, 0.2) is 24.3 Å². The molecule has 1 atom stereocenters. The maximum Gasteiger partial charge on any atom is 0.0159 e. The van der Waals surface area contributed by atoms with Crippen molar-refractivity contribution in [2.45, 2.75) is 59.9 Å². The van der Waals surface area contributed by atoms with Crippen molar-refractivity contribution in [3.63, 3.8) is 0 Å². The average Bonchev–Trinajstić information content (AvgIpc) is 2.36. The molecule has 0 aliphatic heterocycles. The first-order valence-corrected chi connectivity index (χ1v) is 7.29. The molecule has 0 bridgehead atoms. The number of rotatable bonds is 7. The van der Waals surface area contributed by atoms with Gasteiger partial charge in [0.2, 0.25) is 0 Å². The molecule has 0 saturated heterocycles. The lowest BCUT2D eigenvalue weighted by Crippen LogP contribution is -2.43. The molecule has 0 spiro atoms. The Bertz CT molecular complexity index is 354. The van der Waals surface area contributed by atoms with Crippen LogP contribution in [-0.4, -0.2) is 12.6 Å². The van der Waals surface area contributed by atoms with Crippen molar-refractivity contribution in [2.24, 2.45) is 5.41 Å². The SMILES string of the molecule is CCCNC(Cc1ccccc1C)C(C)(C)CC. The molecule has 1 N–H and O–H groups in total. The minimum Gasteiger partial charge on any atom is -0.313 e. The lowest BCUT2D eigenvalue weighted by molar-refractivity contribution is 0.230. The summed E-state index contributed by atoms with van der Waals surface area (Å²) in [6.45, 7) is 12.6. The van der Waals surface area contributed by atoms with Gasteiger partial charge in [-0.05, 0) is 49.3 Å². The van der Waals surface area contributed by atoms with Crippen molar-refractivity contribution in [1.82, 2.24) is 5.32 Å². The molecule has 1 rings (SSSR count). The summed E-state index contributed by atoms with van der Waals surface area (Å²) < 4.78 is 0. The Morgan fingerprint density at radius 2 is 1.83 bits per heavy atom. The van der Waals surface area contributed by atoms with Gasteiger partial charge in [-0.2, -0.15) is 0 Å². The summed E-state index contributed by atoms with van der Waals surface area (Å²) in [6, 6.07) is 9.31. The van der Waals surface area contributed by atoms with Gasteiger partial charge in [-0.15, -0.1) is 0 Å². The van der Waals surface area contributed by atoms with Gasteiger partial charge < -0.3 is 5.32 Å². The summed E-state index contributed by atoms with van der Waals surface area (Å²) in [5, 5.41) is 3.74. The van der Waals surface area contributed by atoms with E-state index in [1.807, 2.05) is 0 Å². The Kier molecular flexibility index (Phi) is 5.87.